The summed E-state index contributed by atoms with van der Waals surface area (Å²) in [7, 11) is 0. The van der Waals surface area contributed by atoms with Crippen LogP contribution >= 0.6 is 11.6 Å². The van der Waals surface area contributed by atoms with E-state index in [9.17, 15) is 14.7 Å². The van der Waals surface area contributed by atoms with Crippen LogP contribution in [0.2, 0.25) is 5.02 Å². The first-order valence-corrected chi connectivity index (χ1v) is 9.35. The first-order chi connectivity index (χ1) is 12.0. The molecule has 0 aromatic heterocycles. The molecule has 1 aromatic rings. The molecule has 2 fully saturated rings. The van der Waals surface area contributed by atoms with E-state index in [0.29, 0.717) is 19.5 Å². The molecule has 0 atom stereocenters. The van der Waals surface area contributed by atoms with Gasteiger partial charge in [-0.15, -0.1) is 0 Å². The van der Waals surface area contributed by atoms with Crippen LogP contribution in [0.5, 0.6) is 0 Å². The van der Waals surface area contributed by atoms with Crippen LogP contribution in [-0.2, 0) is 9.59 Å². The zero-order valence-electron chi connectivity index (χ0n) is 14.4. The molecule has 2 aliphatic rings. The molecule has 0 bridgehead atoms. The van der Waals surface area contributed by atoms with Gasteiger partial charge in [0.2, 0.25) is 5.91 Å². The monoisotopic (exact) mass is 364 g/mol. The smallest absolute Gasteiger partial charge is 0.303 e. The fourth-order valence-corrected chi connectivity index (χ4v) is 4.29. The van der Waals surface area contributed by atoms with E-state index in [1.54, 1.807) is 0 Å². The molecule has 1 aliphatic carbocycles. The van der Waals surface area contributed by atoms with E-state index >= 15 is 0 Å². The topological polar surface area (TPSA) is 60.9 Å². The number of carboxylic acid groups (broad SMARTS) is 1. The molecule has 0 unspecified atom stereocenters. The number of carbonyl (C=O) groups excluding carboxylic acids is 1. The van der Waals surface area contributed by atoms with Crippen molar-refractivity contribution in [2.24, 2.45) is 5.41 Å². The number of hydrogen-bond acceptors (Lipinski definition) is 3. The van der Waals surface area contributed by atoms with E-state index in [1.165, 1.54) is 0 Å². The molecule has 1 saturated carbocycles. The first-order valence-electron chi connectivity index (χ1n) is 8.98. The van der Waals surface area contributed by atoms with Gasteiger partial charge >= 0.3 is 5.97 Å². The molecule has 136 valence electrons. The second-order valence-corrected chi connectivity index (χ2v) is 7.74. The third kappa shape index (κ3) is 4.46. The van der Waals surface area contributed by atoms with Crippen LogP contribution in [0.15, 0.2) is 24.3 Å². The Bertz CT molecular complexity index is 618. The number of benzene rings is 1. The van der Waals surface area contributed by atoms with Crippen LogP contribution in [0, 0.1) is 5.41 Å². The van der Waals surface area contributed by atoms with Crippen molar-refractivity contribution in [3.8, 4) is 0 Å². The zero-order chi connectivity index (χ0) is 17.9. The van der Waals surface area contributed by atoms with Gasteiger partial charge in [0.15, 0.2) is 0 Å². The van der Waals surface area contributed by atoms with E-state index < -0.39 is 5.97 Å². The van der Waals surface area contributed by atoms with E-state index in [2.05, 4.69) is 4.90 Å². The number of carboxylic acids is 1. The van der Waals surface area contributed by atoms with E-state index in [0.717, 1.165) is 49.5 Å². The molecule has 1 amide bonds. The normalized spacial score (nSPS) is 19.9. The van der Waals surface area contributed by atoms with E-state index in [1.807, 2.05) is 29.2 Å². The van der Waals surface area contributed by atoms with Gasteiger partial charge in [-0.1, -0.05) is 24.4 Å². The van der Waals surface area contributed by atoms with Gasteiger partial charge in [-0.2, -0.15) is 0 Å². The summed E-state index contributed by atoms with van der Waals surface area (Å²) < 4.78 is 0. The zero-order valence-corrected chi connectivity index (χ0v) is 15.2. The van der Waals surface area contributed by atoms with Crippen molar-refractivity contribution < 1.29 is 14.7 Å². The molecule has 0 spiro atoms. The Morgan fingerprint density at radius 3 is 2.16 bits per heavy atom. The standard InChI is InChI=1S/C19H25ClN2O3/c20-15-3-5-16(6-4-15)21-9-11-22(12-10-21)17(23)13-19(14-18(24)25)7-1-2-8-19/h3-6H,1-2,7-14H2,(H,24,25). The van der Waals surface area contributed by atoms with Crippen LogP contribution in [0.3, 0.4) is 0 Å². The molecule has 6 heteroatoms. The van der Waals surface area contributed by atoms with Gasteiger partial charge in [-0.3, -0.25) is 9.59 Å². The summed E-state index contributed by atoms with van der Waals surface area (Å²) in [6.07, 6.45) is 4.27. The number of piperazine rings is 1. The number of rotatable bonds is 5. The minimum atomic E-state index is -0.790. The van der Waals surface area contributed by atoms with Gasteiger partial charge in [0.05, 0.1) is 6.42 Å². The molecule has 1 aliphatic heterocycles. The molecule has 25 heavy (non-hydrogen) atoms. The van der Waals surface area contributed by atoms with Gasteiger partial charge in [0, 0.05) is 43.3 Å². The third-order valence-corrected chi connectivity index (χ3v) is 5.79. The predicted molar refractivity (Wildman–Crippen MR) is 98.0 cm³/mol. The lowest BCUT2D eigenvalue weighted by atomic mass is 9.79. The van der Waals surface area contributed by atoms with Gasteiger partial charge in [-0.05, 0) is 42.5 Å². The summed E-state index contributed by atoms with van der Waals surface area (Å²) in [4.78, 5) is 28.1. The summed E-state index contributed by atoms with van der Waals surface area (Å²) >= 11 is 5.93. The summed E-state index contributed by atoms with van der Waals surface area (Å²) in [5.74, 6) is -0.679. The Hall–Kier alpha value is -1.75. The maximum Gasteiger partial charge on any atom is 0.303 e. The molecule has 5 nitrogen and oxygen atoms in total. The second-order valence-electron chi connectivity index (χ2n) is 7.30. The molecule has 1 saturated heterocycles. The van der Waals surface area contributed by atoms with E-state index in [4.69, 9.17) is 11.6 Å². The molecule has 1 aromatic carbocycles. The highest BCUT2D eigenvalue weighted by atomic mass is 35.5. The molecular weight excluding hydrogens is 340 g/mol. The highest BCUT2D eigenvalue weighted by molar-refractivity contribution is 6.30. The van der Waals surface area contributed by atoms with Crippen molar-refractivity contribution in [1.82, 2.24) is 4.90 Å². The van der Waals surface area contributed by atoms with Crippen molar-refractivity contribution in [3.63, 3.8) is 0 Å². The lowest BCUT2D eigenvalue weighted by molar-refractivity contribution is -0.141. The van der Waals surface area contributed by atoms with Crippen LogP contribution in [0.25, 0.3) is 0 Å². The number of nitrogens with zero attached hydrogens (tertiary/aromatic N) is 2. The number of aliphatic carboxylic acids is 1. The average Bonchev–Trinajstić information content (AvgIpc) is 3.03. The summed E-state index contributed by atoms with van der Waals surface area (Å²) in [6, 6.07) is 7.76. The van der Waals surface area contributed by atoms with Gasteiger partial charge in [-0.25, -0.2) is 0 Å². The maximum absolute atomic E-state index is 12.7. The Morgan fingerprint density at radius 1 is 1.00 bits per heavy atom. The highest BCUT2D eigenvalue weighted by Crippen LogP contribution is 2.44. The summed E-state index contributed by atoms with van der Waals surface area (Å²) in [6.45, 7) is 2.95. The van der Waals surface area contributed by atoms with Crippen molar-refractivity contribution in [3.05, 3.63) is 29.3 Å². The lowest BCUT2D eigenvalue weighted by Gasteiger charge is -2.38. The molecule has 3 rings (SSSR count). The number of hydrogen-bond donors (Lipinski definition) is 1. The fraction of sp³-hybridized carbons (Fsp3) is 0.579. The number of amides is 1. The summed E-state index contributed by atoms with van der Waals surface area (Å²) in [5.41, 5.74) is 0.797. The molecular formula is C19H25ClN2O3. The van der Waals surface area contributed by atoms with Gasteiger partial charge in [0.1, 0.15) is 0 Å². The minimum Gasteiger partial charge on any atom is -0.481 e. The SMILES string of the molecule is O=C(O)CC1(CC(=O)N2CCN(c3ccc(Cl)cc3)CC2)CCCC1. The summed E-state index contributed by atoms with van der Waals surface area (Å²) in [5, 5.41) is 9.92. The molecule has 1 N–H and O–H groups in total. The Kier molecular flexibility index (Phi) is 5.52. The third-order valence-electron chi connectivity index (χ3n) is 5.54. The first kappa shape index (κ1) is 18.1. The minimum absolute atomic E-state index is 0.110. The molecule has 0 radical (unpaired) electrons. The van der Waals surface area contributed by atoms with Gasteiger partial charge < -0.3 is 14.9 Å². The van der Waals surface area contributed by atoms with Crippen molar-refractivity contribution >= 4 is 29.2 Å². The number of carbonyl (C=O) groups is 2. The molecule has 1 heterocycles. The Morgan fingerprint density at radius 2 is 1.60 bits per heavy atom. The van der Waals surface area contributed by atoms with E-state index in [-0.39, 0.29) is 17.7 Å². The Balaban J connectivity index is 1.56. The van der Waals surface area contributed by atoms with Crippen LogP contribution in [0.4, 0.5) is 5.69 Å². The average molecular weight is 365 g/mol. The highest BCUT2D eigenvalue weighted by Gasteiger charge is 2.39. The quantitative estimate of drug-likeness (QED) is 0.869. The number of anilines is 1. The Labute approximate surface area is 153 Å². The van der Waals surface area contributed by atoms with Gasteiger partial charge in [0.25, 0.3) is 0 Å². The van der Waals surface area contributed by atoms with Crippen molar-refractivity contribution in [2.75, 3.05) is 31.1 Å². The van der Waals surface area contributed by atoms with Crippen molar-refractivity contribution in [1.29, 1.82) is 0 Å². The maximum atomic E-state index is 12.7. The second kappa shape index (κ2) is 7.65. The van der Waals surface area contributed by atoms with Crippen LogP contribution in [0.1, 0.15) is 38.5 Å². The van der Waals surface area contributed by atoms with Crippen LogP contribution in [-0.4, -0.2) is 48.1 Å². The number of halogens is 1. The predicted octanol–water partition coefficient (Wildman–Crippen LogP) is 3.41. The van der Waals surface area contributed by atoms with Crippen LogP contribution < -0.4 is 4.90 Å². The van der Waals surface area contributed by atoms with Crippen molar-refractivity contribution in [2.45, 2.75) is 38.5 Å². The largest absolute Gasteiger partial charge is 0.481 e. The fourth-order valence-electron chi connectivity index (χ4n) is 4.16. The lowest BCUT2D eigenvalue weighted by Crippen LogP contribution is -2.49.